The number of nitrogens with one attached hydrogen (secondary N) is 1. The molecule has 7 heteroatoms. The Bertz CT molecular complexity index is 1010. The third kappa shape index (κ3) is 3.74. The van der Waals surface area contributed by atoms with Gasteiger partial charge in [0.05, 0.1) is 17.2 Å². The summed E-state index contributed by atoms with van der Waals surface area (Å²) in [4.78, 5) is 35.7. The zero-order chi connectivity index (χ0) is 19.5. The zero-order valence-electron chi connectivity index (χ0n) is 15.8. The molecule has 0 bridgehead atoms. The number of hydrogen-bond donors (Lipinski definition) is 1. The molecule has 0 saturated carbocycles. The average molecular weight is 377 g/mol. The number of fused-ring (bicyclic) bond motifs is 1. The van der Waals surface area contributed by atoms with E-state index in [2.05, 4.69) is 15.3 Å². The molecule has 0 aliphatic carbocycles. The van der Waals surface area contributed by atoms with Gasteiger partial charge in [-0.1, -0.05) is 12.1 Å². The number of nitrogens with zero attached hydrogens (tertiary/aromatic N) is 4. The van der Waals surface area contributed by atoms with Crippen LogP contribution in [0.1, 0.15) is 33.8 Å². The summed E-state index contributed by atoms with van der Waals surface area (Å²) in [5.41, 5.74) is 2.47. The van der Waals surface area contributed by atoms with Crippen LogP contribution in [-0.2, 0) is 7.05 Å². The van der Waals surface area contributed by atoms with Crippen LogP contribution in [0, 0.1) is 5.92 Å². The fourth-order valence-corrected chi connectivity index (χ4v) is 3.66. The molecule has 0 radical (unpaired) electrons. The molecule has 1 aromatic carbocycles. The van der Waals surface area contributed by atoms with Crippen LogP contribution in [0.5, 0.6) is 0 Å². The van der Waals surface area contributed by atoms with Gasteiger partial charge in [-0.3, -0.25) is 14.6 Å². The van der Waals surface area contributed by atoms with Crippen LogP contribution in [-0.4, -0.2) is 50.9 Å². The molecule has 28 heavy (non-hydrogen) atoms. The number of para-hydroxylation sites is 2. The lowest BCUT2D eigenvalue weighted by molar-refractivity contribution is 0.0661. The maximum absolute atomic E-state index is 12.7. The smallest absolute Gasteiger partial charge is 0.271 e. The molecule has 3 heterocycles. The predicted octanol–water partition coefficient (Wildman–Crippen LogP) is 2.25. The topological polar surface area (TPSA) is 80.1 Å². The third-order valence-electron chi connectivity index (χ3n) is 5.20. The second kappa shape index (κ2) is 7.80. The van der Waals surface area contributed by atoms with Crippen LogP contribution in [0.4, 0.5) is 0 Å². The van der Waals surface area contributed by atoms with Crippen molar-refractivity contribution in [3.63, 3.8) is 0 Å². The van der Waals surface area contributed by atoms with Crippen LogP contribution < -0.4 is 5.32 Å². The van der Waals surface area contributed by atoms with E-state index in [0.29, 0.717) is 30.0 Å². The number of aromatic nitrogens is 3. The Balaban J connectivity index is 1.36. The number of amides is 2. The Morgan fingerprint density at radius 3 is 2.79 bits per heavy atom. The third-order valence-corrected chi connectivity index (χ3v) is 5.20. The second-order valence-corrected chi connectivity index (χ2v) is 7.22. The van der Waals surface area contributed by atoms with Gasteiger partial charge in [0.2, 0.25) is 0 Å². The number of hydrogen-bond acceptors (Lipinski definition) is 4. The van der Waals surface area contributed by atoms with Crippen LogP contribution in [0.3, 0.4) is 0 Å². The first kappa shape index (κ1) is 18.2. The number of carbonyl (C=O) groups excluding carboxylic acids is 2. The van der Waals surface area contributed by atoms with E-state index < -0.39 is 0 Å². The summed E-state index contributed by atoms with van der Waals surface area (Å²) in [7, 11) is 1.87. The van der Waals surface area contributed by atoms with Gasteiger partial charge in [-0.25, -0.2) is 4.98 Å². The van der Waals surface area contributed by atoms with E-state index in [9.17, 15) is 9.59 Å². The van der Waals surface area contributed by atoms with Gasteiger partial charge in [-0.05, 0) is 43.0 Å². The summed E-state index contributed by atoms with van der Waals surface area (Å²) in [5.74, 6) is 0.0448. The molecule has 0 spiro atoms. The highest BCUT2D eigenvalue weighted by atomic mass is 16.2. The summed E-state index contributed by atoms with van der Waals surface area (Å²) < 4.78 is 1.84. The number of likely N-dealkylation sites (tertiary alicyclic amines) is 1. The lowest BCUT2D eigenvalue weighted by Gasteiger charge is -2.33. The normalized spacial score (nSPS) is 16.9. The lowest BCUT2D eigenvalue weighted by Crippen LogP contribution is -2.44. The van der Waals surface area contributed by atoms with Crippen molar-refractivity contribution >= 4 is 22.8 Å². The van der Waals surface area contributed by atoms with Gasteiger partial charge < -0.3 is 14.8 Å². The minimum atomic E-state index is -0.232. The van der Waals surface area contributed by atoms with E-state index in [1.807, 2.05) is 59.1 Å². The summed E-state index contributed by atoms with van der Waals surface area (Å²) in [5, 5.41) is 2.95. The zero-order valence-corrected chi connectivity index (χ0v) is 15.8. The van der Waals surface area contributed by atoms with Crippen molar-refractivity contribution in [2.45, 2.75) is 12.8 Å². The Kier molecular flexibility index (Phi) is 5.06. The van der Waals surface area contributed by atoms with Crippen LogP contribution >= 0.6 is 0 Å². The van der Waals surface area contributed by atoms with Gasteiger partial charge in [0.25, 0.3) is 11.8 Å². The summed E-state index contributed by atoms with van der Waals surface area (Å²) in [6, 6.07) is 11.2. The molecule has 2 aromatic heterocycles. The molecular weight excluding hydrogens is 354 g/mol. The maximum atomic E-state index is 12.7. The van der Waals surface area contributed by atoms with Gasteiger partial charge in [-0.15, -0.1) is 0 Å². The fourth-order valence-electron chi connectivity index (χ4n) is 3.66. The largest absolute Gasteiger partial charge is 0.350 e. The van der Waals surface area contributed by atoms with Gasteiger partial charge in [-0.2, -0.15) is 0 Å². The van der Waals surface area contributed by atoms with E-state index in [-0.39, 0.29) is 17.7 Å². The van der Waals surface area contributed by atoms with Gasteiger partial charge in [0.1, 0.15) is 11.4 Å². The van der Waals surface area contributed by atoms with E-state index in [1.165, 1.54) is 6.20 Å². The van der Waals surface area contributed by atoms with Crippen LogP contribution in [0.25, 0.3) is 11.0 Å². The standard InChI is InChI=1S/C21H23N5O2/c1-25-10-5-9-19(25)21(28)26-11-4-6-15(14-26)12-23-20(27)18-13-22-16-7-2-3-8-17(16)24-18/h2-3,5,7-10,13,15H,4,6,11-12,14H2,1H3,(H,23,27). The van der Waals surface area contributed by atoms with Gasteiger partial charge in [0, 0.05) is 32.9 Å². The number of carbonyl (C=O) groups is 2. The summed E-state index contributed by atoms with van der Waals surface area (Å²) in [6.45, 7) is 1.92. The molecule has 4 rings (SSSR count). The highest BCUT2D eigenvalue weighted by molar-refractivity contribution is 5.94. The fraction of sp³-hybridized carbons (Fsp3) is 0.333. The Morgan fingerprint density at radius 1 is 1.18 bits per heavy atom. The molecule has 1 unspecified atom stereocenters. The quantitative estimate of drug-likeness (QED) is 0.756. The number of aryl methyl sites for hydroxylation is 1. The first-order valence-corrected chi connectivity index (χ1v) is 9.52. The number of rotatable bonds is 4. The minimum Gasteiger partial charge on any atom is -0.350 e. The van der Waals surface area contributed by atoms with E-state index in [0.717, 1.165) is 24.9 Å². The van der Waals surface area contributed by atoms with Crippen molar-refractivity contribution in [1.82, 2.24) is 24.8 Å². The molecular formula is C21H23N5O2. The molecule has 1 atom stereocenters. The summed E-state index contributed by atoms with van der Waals surface area (Å²) in [6.07, 6.45) is 5.30. The van der Waals surface area contributed by atoms with E-state index >= 15 is 0 Å². The molecule has 1 aliphatic heterocycles. The summed E-state index contributed by atoms with van der Waals surface area (Å²) >= 11 is 0. The lowest BCUT2D eigenvalue weighted by atomic mass is 9.97. The van der Waals surface area contributed by atoms with Crippen molar-refractivity contribution in [3.05, 3.63) is 60.2 Å². The Morgan fingerprint density at radius 2 is 2.00 bits per heavy atom. The van der Waals surface area contributed by atoms with Gasteiger partial charge in [0.15, 0.2) is 0 Å². The molecule has 1 saturated heterocycles. The average Bonchev–Trinajstić information content (AvgIpc) is 3.17. The molecule has 1 N–H and O–H groups in total. The van der Waals surface area contributed by atoms with E-state index in [1.54, 1.807) is 0 Å². The molecule has 7 nitrogen and oxygen atoms in total. The van der Waals surface area contributed by atoms with Crippen molar-refractivity contribution in [2.24, 2.45) is 13.0 Å². The van der Waals surface area contributed by atoms with Crippen molar-refractivity contribution < 1.29 is 9.59 Å². The first-order valence-electron chi connectivity index (χ1n) is 9.52. The number of benzene rings is 1. The number of piperidine rings is 1. The highest BCUT2D eigenvalue weighted by Crippen LogP contribution is 2.18. The Hall–Kier alpha value is -3.22. The van der Waals surface area contributed by atoms with Crippen LogP contribution in [0.15, 0.2) is 48.8 Å². The molecule has 1 fully saturated rings. The van der Waals surface area contributed by atoms with Gasteiger partial charge >= 0.3 is 0 Å². The molecule has 2 amide bonds. The Labute approximate surface area is 163 Å². The van der Waals surface area contributed by atoms with E-state index in [4.69, 9.17) is 0 Å². The second-order valence-electron chi connectivity index (χ2n) is 7.22. The van der Waals surface area contributed by atoms with Crippen molar-refractivity contribution in [3.8, 4) is 0 Å². The first-order chi connectivity index (χ1) is 13.6. The minimum absolute atomic E-state index is 0.0453. The van der Waals surface area contributed by atoms with Crippen molar-refractivity contribution in [1.29, 1.82) is 0 Å². The molecule has 144 valence electrons. The SMILES string of the molecule is Cn1cccc1C(=O)N1CCCC(CNC(=O)c2cnc3ccccc3n2)C1. The maximum Gasteiger partial charge on any atom is 0.271 e. The van der Waals surface area contributed by atoms with Crippen molar-refractivity contribution in [2.75, 3.05) is 19.6 Å². The van der Waals surface area contributed by atoms with Crippen LogP contribution in [0.2, 0.25) is 0 Å². The molecule has 1 aliphatic rings. The molecule has 3 aromatic rings. The highest BCUT2D eigenvalue weighted by Gasteiger charge is 2.26. The predicted molar refractivity (Wildman–Crippen MR) is 106 cm³/mol. The monoisotopic (exact) mass is 377 g/mol.